The first-order valence-electron chi connectivity index (χ1n) is 4.83. The van der Waals surface area contributed by atoms with E-state index in [4.69, 9.17) is 28.9 Å². The second-order valence-corrected chi connectivity index (χ2v) is 4.35. The molecule has 0 aromatic heterocycles. The first-order valence-corrected chi connectivity index (χ1v) is 5.59. The zero-order chi connectivity index (χ0) is 12.4. The molecule has 0 spiro atoms. The van der Waals surface area contributed by atoms with Crippen LogP contribution in [0.4, 0.5) is 21.5 Å². The Morgan fingerprint density at radius 1 is 0.941 bits per heavy atom. The molecule has 2 aromatic carbocycles. The summed E-state index contributed by atoms with van der Waals surface area (Å²) in [6.45, 7) is 0. The molecule has 0 heterocycles. The number of anilines is 3. The zero-order valence-electron chi connectivity index (χ0n) is 8.68. The molecule has 0 fully saturated rings. The third-order valence-corrected chi connectivity index (χ3v) is 2.68. The van der Waals surface area contributed by atoms with Gasteiger partial charge in [-0.15, -0.1) is 0 Å². The number of hydrogen-bond acceptors (Lipinski definition) is 2. The van der Waals surface area contributed by atoms with Crippen LogP contribution in [0.1, 0.15) is 0 Å². The molecule has 0 radical (unpaired) electrons. The molecule has 0 aliphatic carbocycles. The maximum atomic E-state index is 13.5. The number of nitrogens with two attached hydrogens (primary N) is 1. The summed E-state index contributed by atoms with van der Waals surface area (Å²) in [5.74, 6) is -0.438. The van der Waals surface area contributed by atoms with Gasteiger partial charge in [0.25, 0.3) is 0 Å². The molecule has 5 heteroatoms. The van der Waals surface area contributed by atoms with Gasteiger partial charge in [0.05, 0.1) is 17.1 Å². The molecule has 3 N–H and O–H groups in total. The van der Waals surface area contributed by atoms with Gasteiger partial charge in [0, 0.05) is 10.0 Å². The molecule has 0 aliphatic rings. The fraction of sp³-hybridized carbons (Fsp3) is 0. The normalized spacial score (nSPS) is 10.3. The van der Waals surface area contributed by atoms with Crippen molar-refractivity contribution in [2.45, 2.75) is 0 Å². The quantitative estimate of drug-likeness (QED) is 0.791. The summed E-state index contributed by atoms with van der Waals surface area (Å²) >= 11 is 11.4. The molecule has 0 atom stereocenters. The molecular weight excluding hydrogens is 262 g/mol. The largest absolute Gasteiger partial charge is 0.397 e. The van der Waals surface area contributed by atoms with Gasteiger partial charge in [0.2, 0.25) is 0 Å². The molecule has 0 aliphatic heterocycles. The van der Waals surface area contributed by atoms with Gasteiger partial charge in [0.15, 0.2) is 0 Å². The number of rotatable bonds is 2. The number of nitrogen functional groups attached to an aromatic ring is 1. The number of hydrogen-bond donors (Lipinski definition) is 2. The highest BCUT2D eigenvalue weighted by atomic mass is 35.5. The molecule has 2 aromatic rings. The predicted octanol–water partition coefficient (Wildman–Crippen LogP) is 4.46. The van der Waals surface area contributed by atoms with Crippen LogP contribution in [-0.2, 0) is 0 Å². The molecule has 2 nitrogen and oxygen atoms in total. The zero-order valence-corrected chi connectivity index (χ0v) is 10.2. The molecule has 0 saturated carbocycles. The average molecular weight is 271 g/mol. The standard InChI is InChI=1S/C12H9Cl2FN2/c13-7-1-3-11(9(15)5-7)17-12-4-2-8(14)6-10(12)16/h1-6,17H,16H2. The van der Waals surface area contributed by atoms with Crippen LogP contribution in [0.25, 0.3) is 0 Å². The smallest absolute Gasteiger partial charge is 0.148 e. The highest BCUT2D eigenvalue weighted by molar-refractivity contribution is 6.31. The molecule has 88 valence electrons. The topological polar surface area (TPSA) is 38.0 Å². The van der Waals surface area contributed by atoms with Crippen LogP contribution in [-0.4, -0.2) is 0 Å². The van der Waals surface area contributed by atoms with E-state index in [-0.39, 0.29) is 0 Å². The van der Waals surface area contributed by atoms with Crippen LogP contribution in [0.15, 0.2) is 36.4 Å². The lowest BCUT2D eigenvalue weighted by Crippen LogP contribution is -1.98. The van der Waals surface area contributed by atoms with Gasteiger partial charge < -0.3 is 11.1 Å². The number of nitrogens with one attached hydrogen (secondary N) is 1. The van der Waals surface area contributed by atoms with Crippen molar-refractivity contribution in [1.29, 1.82) is 0 Å². The van der Waals surface area contributed by atoms with Gasteiger partial charge in [-0.05, 0) is 36.4 Å². The van der Waals surface area contributed by atoms with Crippen LogP contribution in [0.3, 0.4) is 0 Å². The third kappa shape index (κ3) is 2.81. The van der Waals surface area contributed by atoms with Gasteiger partial charge >= 0.3 is 0 Å². The lowest BCUT2D eigenvalue weighted by molar-refractivity contribution is 0.632. The summed E-state index contributed by atoms with van der Waals surface area (Å²) < 4.78 is 13.5. The molecule has 0 bridgehead atoms. The van der Waals surface area contributed by atoms with Crippen LogP contribution in [0.2, 0.25) is 10.0 Å². The second-order valence-electron chi connectivity index (χ2n) is 3.48. The Balaban J connectivity index is 2.31. The highest BCUT2D eigenvalue weighted by Crippen LogP contribution is 2.28. The van der Waals surface area contributed by atoms with E-state index in [0.29, 0.717) is 27.1 Å². The Kier molecular flexibility index (Phi) is 3.41. The SMILES string of the molecule is Nc1cc(Cl)ccc1Nc1ccc(Cl)cc1F. The Hall–Kier alpha value is -1.45. The minimum absolute atomic E-state index is 0.309. The summed E-state index contributed by atoms with van der Waals surface area (Å²) in [5, 5.41) is 3.75. The lowest BCUT2D eigenvalue weighted by Gasteiger charge is -2.10. The molecule has 17 heavy (non-hydrogen) atoms. The maximum absolute atomic E-state index is 13.5. The Labute approximate surface area is 108 Å². The fourth-order valence-corrected chi connectivity index (χ4v) is 1.72. The van der Waals surface area contributed by atoms with Crippen LogP contribution >= 0.6 is 23.2 Å². The molecule has 2 rings (SSSR count). The lowest BCUT2D eigenvalue weighted by atomic mass is 10.2. The summed E-state index contributed by atoms with van der Waals surface area (Å²) in [5.41, 5.74) is 7.11. The van der Waals surface area contributed by atoms with E-state index < -0.39 is 5.82 Å². The summed E-state index contributed by atoms with van der Waals surface area (Å²) in [6, 6.07) is 9.33. The Morgan fingerprint density at radius 2 is 1.53 bits per heavy atom. The molecule has 0 amide bonds. The monoisotopic (exact) mass is 270 g/mol. The first-order chi connectivity index (χ1) is 8.06. The van der Waals surface area contributed by atoms with Gasteiger partial charge in [-0.3, -0.25) is 0 Å². The van der Waals surface area contributed by atoms with Gasteiger partial charge in [-0.25, -0.2) is 4.39 Å². The maximum Gasteiger partial charge on any atom is 0.148 e. The molecule has 0 unspecified atom stereocenters. The van der Waals surface area contributed by atoms with E-state index in [2.05, 4.69) is 5.32 Å². The highest BCUT2D eigenvalue weighted by Gasteiger charge is 2.05. The Morgan fingerprint density at radius 3 is 2.12 bits per heavy atom. The van der Waals surface area contributed by atoms with E-state index in [0.717, 1.165) is 0 Å². The Bertz CT molecular complexity index is 509. The number of benzene rings is 2. The van der Waals surface area contributed by atoms with Crippen molar-refractivity contribution >= 4 is 40.3 Å². The minimum atomic E-state index is -0.438. The van der Waals surface area contributed by atoms with Gasteiger partial charge in [-0.2, -0.15) is 0 Å². The molecular formula is C12H9Cl2FN2. The van der Waals surface area contributed by atoms with Crippen molar-refractivity contribution in [3.8, 4) is 0 Å². The van der Waals surface area contributed by atoms with Crippen LogP contribution < -0.4 is 11.1 Å². The second kappa shape index (κ2) is 4.82. The van der Waals surface area contributed by atoms with E-state index in [1.54, 1.807) is 30.3 Å². The van der Waals surface area contributed by atoms with Crippen molar-refractivity contribution in [2.75, 3.05) is 11.1 Å². The fourth-order valence-electron chi connectivity index (χ4n) is 1.38. The average Bonchev–Trinajstić information content (AvgIpc) is 2.25. The summed E-state index contributed by atoms with van der Waals surface area (Å²) in [4.78, 5) is 0. The molecule has 0 saturated heterocycles. The van der Waals surface area contributed by atoms with E-state index >= 15 is 0 Å². The third-order valence-electron chi connectivity index (χ3n) is 2.21. The van der Waals surface area contributed by atoms with Crippen LogP contribution in [0.5, 0.6) is 0 Å². The van der Waals surface area contributed by atoms with Crippen LogP contribution in [0, 0.1) is 5.82 Å². The van der Waals surface area contributed by atoms with E-state index in [9.17, 15) is 4.39 Å². The van der Waals surface area contributed by atoms with Crippen molar-refractivity contribution in [3.63, 3.8) is 0 Å². The number of halogens is 3. The van der Waals surface area contributed by atoms with E-state index in [1.165, 1.54) is 6.07 Å². The predicted molar refractivity (Wildman–Crippen MR) is 70.6 cm³/mol. The van der Waals surface area contributed by atoms with Gasteiger partial charge in [-0.1, -0.05) is 23.2 Å². The van der Waals surface area contributed by atoms with Crippen molar-refractivity contribution in [1.82, 2.24) is 0 Å². The van der Waals surface area contributed by atoms with Crippen molar-refractivity contribution in [2.24, 2.45) is 0 Å². The first kappa shape index (κ1) is 12.0. The van der Waals surface area contributed by atoms with E-state index in [1.807, 2.05) is 0 Å². The summed E-state index contributed by atoms with van der Waals surface area (Å²) in [6.07, 6.45) is 0. The summed E-state index contributed by atoms with van der Waals surface area (Å²) in [7, 11) is 0. The minimum Gasteiger partial charge on any atom is -0.397 e. The van der Waals surface area contributed by atoms with Crippen molar-refractivity contribution in [3.05, 3.63) is 52.3 Å². The van der Waals surface area contributed by atoms with Gasteiger partial charge in [0.1, 0.15) is 5.82 Å². The van der Waals surface area contributed by atoms with Crippen molar-refractivity contribution < 1.29 is 4.39 Å².